The number of halogens is 2. The molecule has 1 aromatic rings. The highest BCUT2D eigenvalue weighted by Crippen LogP contribution is 2.28. The SMILES string of the molecule is Fc1cc(C2=NNC3CCC4NN=CN4N23)ccc1Cl. The highest BCUT2D eigenvalue weighted by molar-refractivity contribution is 6.30. The molecular formula is C12H12ClFN6. The second-order valence-corrected chi connectivity index (χ2v) is 5.31. The van der Waals surface area contributed by atoms with Crippen LogP contribution in [0.25, 0.3) is 0 Å². The van der Waals surface area contributed by atoms with E-state index in [1.165, 1.54) is 6.07 Å². The number of hydrazone groups is 2. The Morgan fingerprint density at radius 1 is 1.25 bits per heavy atom. The third kappa shape index (κ3) is 1.62. The number of nitrogens with zero attached hydrogens (tertiary/aromatic N) is 4. The Balaban J connectivity index is 1.71. The van der Waals surface area contributed by atoms with Crippen LogP contribution in [0.2, 0.25) is 5.02 Å². The Labute approximate surface area is 119 Å². The minimum absolute atomic E-state index is 0.0753. The van der Waals surface area contributed by atoms with E-state index in [0.717, 1.165) is 12.8 Å². The van der Waals surface area contributed by atoms with Gasteiger partial charge in [0.05, 0.1) is 5.02 Å². The lowest BCUT2D eigenvalue weighted by Gasteiger charge is -2.41. The molecule has 6 nitrogen and oxygen atoms in total. The number of benzene rings is 1. The van der Waals surface area contributed by atoms with Crippen LogP contribution in [0, 0.1) is 5.82 Å². The van der Waals surface area contributed by atoms with E-state index in [1.54, 1.807) is 18.5 Å². The maximum atomic E-state index is 13.6. The third-order valence-electron chi connectivity index (χ3n) is 3.69. The van der Waals surface area contributed by atoms with E-state index in [9.17, 15) is 4.39 Å². The molecule has 0 bridgehead atoms. The quantitative estimate of drug-likeness (QED) is 0.819. The van der Waals surface area contributed by atoms with Crippen molar-refractivity contribution in [2.45, 2.75) is 25.2 Å². The number of rotatable bonds is 1. The first kappa shape index (κ1) is 11.8. The van der Waals surface area contributed by atoms with Crippen molar-refractivity contribution in [3.63, 3.8) is 0 Å². The van der Waals surface area contributed by atoms with Gasteiger partial charge in [0.25, 0.3) is 0 Å². The molecule has 3 heterocycles. The van der Waals surface area contributed by atoms with Gasteiger partial charge in [-0.05, 0) is 31.0 Å². The predicted octanol–water partition coefficient (Wildman–Crippen LogP) is 1.26. The van der Waals surface area contributed by atoms with E-state index in [1.807, 2.05) is 10.0 Å². The average molecular weight is 295 g/mol. The van der Waals surface area contributed by atoms with E-state index < -0.39 is 5.82 Å². The number of hydrogen-bond donors (Lipinski definition) is 2. The van der Waals surface area contributed by atoms with Gasteiger partial charge < -0.3 is 0 Å². The van der Waals surface area contributed by atoms with E-state index in [-0.39, 0.29) is 17.4 Å². The van der Waals surface area contributed by atoms with Gasteiger partial charge in [0, 0.05) is 5.56 Å². The van der Waals surface area contributed by atoms with E-state index >= 15 is 0 Å². The molecule has 0 radical (unpaired) electrons. The lowest BCUT2D eigenvalue weighted by Crippen LogP contribution is -2.59. The maximum Gasteiger partial charge on any atom is 0.176 e. The van der Waals surface area contributed by atoms with Gasteiger partial charge in [-0.15, -0.1) is 0 Å². The molecule has 8 heteroatoms. The molecule has 1 fully saturated rings. The Bertz CT molecular complexity index is 618. The van der Waals surface area contributed by atoms with Crippen LogP contribution in [0.4, 0.5) is 4.39 Å². The molecule has 3 aliphatic rings. The Morgan fingerprint density at radius 3 is 2.95 bits per heavy atom. The van der Waals surface area contributed by atoms with Gasteiger partial charge in [-0.25, -0.2) is 14.4 Å². The van der Waals surface area contributed by atoms with Crippen molar-refractivity contribution in [2.75, 3.05) is 0 Å². The Kier molecular flexibility index (Phi) is 2.50. The summed E-state index contributed by atoms with van der Waals surface area (Å²) < 4.78 is 13.6. The van der Waals surface area contributed by atoms with Gasteiger partial charge in [-0.3, -0.25) is 10.9 Å². The van der Waals surface area contributed by atoms with Crippen molar-refractivity contribution >= 4 is 23.8 Å². The molecule has 2 N–H and O–H groups in total. The monoisotopic (exact) mass is 294 g/mol. The summed E-state index contributed by atoms with van der Waals surface area (Å²) in [5.41, 5.74) is 6.80. The molecule has 0 spiro atoms. The Morgan fingerprint density at radius 2 is 2.10 bits per heavy atom. The smallest absolute Gasteiger partial charge is 0.176 e. The first-order valence-corrected chi connectivity index (χ1v) is 6.77. The van der Waals surface area contributed by atoms with Crippen molar-refractivity contribution in [3.05, 3.63) is 34.6 Å². The second kappa shape index (κ2) is 4.24. The predicted molar refractivity (Wildman–Crippen MR) is 73.2 cm³/mol. The molecule has 3 aliphatic heterocycles. The zero-order valence-corrected chi connectivity index (χ0v) is 11.2. The van der Waals surface area contributed by atoms with Crippen LogP contribution in [0.3, 0.4) is 0 Å². The van der Waals surface area contributed by atoms with Crippen molar-refractivity contribution in [3.8, 4) is 0 Å². The molecule has 0 aromatic heterocycles. The second-order valence-electron chi connectivity index (χ2n) is 4.90. The molecule has 0 amide bonds. The molecule has 4 rings (SSSR count). The average Bonchev–Trinajstić information content (AvgIpc) is 3.06. The van der Waals surface area contributed by atoms with Crippen LogP contribution in [-0.4, -0.2) is 34.5 Å². The van der Waals surface area contributed by atoms with Gasteiger partial charge in [0.2, 0.25) is 0 Å². The molecule has 20 heavy (non-hydrogen) atoms. The number of fused-ring (bicyclic) bond motifs is 3. The summed E-state index contributed by atoms with van der Waals surface area (Å²) in [5, 5.41) is 12.5. The van der Waals surface area contributed by atoms with Crippen molar-refractivity contribution in [2.24, 2.45) is 10.2 Å². The molecule has 2 atom stereocenters. The number of amidine groups is 1. The summed E-state index contributed by atoms with van der Waals surface area (Å²) >= 11 is 5.73. The van der Waals surface area contributed by atoms with Crippen LogP contribution in [0.15, 0.2) is 28.4 Å². The minimum Gasteiger partial charge on any atom is -0.284 e. The zero-order chi connectivity index (χ0) is 13.7. The summed E-state index contributed by atoms with van der Waals surface area (Å²) in [6.45, 7) is 0. The normalized spacial score (nSPS) is 26.8. The van der Waals surface area contributed by atoms with Crippen molar-refractivity contribution in [1.29, 1.82) is 0 Å². The third-order valence-corrected chi connectivity index (χ3v) is 4.00. The van der Waals surface area contributed by atoms with E-state index in [2.05, 4.69) is 21.1 Å². The highest BCUT2D eigenvalue weighted by atomic mass is 35.5. The fourth-order valence-electron chi connectivity index (χ4n) is 2.71. The lowest BCUT2D eigenvalue weighted by molar-refractivity contribution is 0.0000995. The lowest BCUT2D eigenvalue weighted by atomic mass is 10.1. The summed E-state index contributed by atoms with van der Waals surface area (Å²) in [7, 11) is 0. The molecule has 104 valence electrons. The molecule has 0 saturated carbocycles. The van der Waals surface area contributed by atoms with Crippen molar-refractivity contribution < 1.29 is 4.39 Å². The molecule has 1 saturated heterocycles. The minimum atomic E-state index is -0.447. The highest BCUT2D eigenvalue weighted by Gasteiger charge is 2.41. The standard InChI is InChI=1S/C12H12ClFN6/c13-8-2-1-7(5-9(8)14)12-18-17-11-4-3-10-16-15-6-19(10)20(11)12/h1-2,5-6,10-11,16-17H,3-4H2. The maximum absolute atomic E-state index is 13.6. The van der Waals surface area contributed by atoms with Gasteiger partial charge >= 0.3 is 0 Å². The van der Waals surface area contributed by atoms with Gasteiger partial charge in [0.15, 0.2) is 5.84 Å². The van der Waals surface area contributed by atoms with Gasteiger partial charge in [0.1, 0.15) is 24.5 Å². The molecule has 1 aromatic carbocycles. The van der Waals surface area contributed by atoms with Crippen LogP contribution < -0.4 is 10.9 Å². The fraction of sp³-hybridized carbons (Fsp3) is 0.333. The van der Waals surface area contributed by atoms with Crippen LogP contribution in [0.1, 0.15) is 18.4 Å². The number of hydrogen-bond acceptors (Lipinski definition) is 6. The van der Waals surface area contributed by atoms with Gasteiger partial charge in [-0.2, -0.15) is 10.2 Å². The molecule has 2 unspecified atom stereocenters. The number of hydrazine groups is 1. The van der Waals surface area contributed by atoms with Crippen LogP contribution in [-0.2, 0) is 0 Å². The first-order valence-electron chi connectivity index (χ1n) is 6.39. The summed E-state index contributed by atoms with van der Waals surface area (Å²) in [6, 6.07) is 4.70. The summed E-state index contributed by atoms with van der Waals surface area (Å²) in [4.78, 5) is 0. The largest absolute Gasteiger partial charge is 0.284 e. The van der Waals surface area contributed by atoms with Crippen molar-refractivity contribution in [1.82, 2.24) is 20.9 Å². The van der Waals surface area contributed by atoms with Gasteiger partial charge in [-0.1, -0.05) is 11.6 Å². The molecule has 0 aliphatic carbocycles. The van der Waals surface area contributed by atoms with Crippen LogP contribution >= 0.6 is 11.6 Å². The van der Waals surface area contributed by atoms with E-state index in [4.69, 9.17) is 11.6 Å². The zero-order valence-electron chi connectivity index (χ0n) is 10.4. The topological polar surface area (TPSA) is 55.3 Å². The summed E-state index contributed by atoms with van der Waals surface area (Å²) in [5.74, 6) is 0.225. The number of nitrogens with one attached hydrogen (secondary N) is 2. The Hall–Kier alpha value is -2.02. The van der Waals surface area contributed by atoms with E-state index in [0.29, 0.717) is 11.4 Å². The molecular weight excluding hydrogens is 283 g/mol. The first-order chi connectivity index (χ1) is 9.74. The summed E-state index contributed by atoms with van der Waals surface area (Å²) in [6.07, 6.45) is 3.83. The van der Waals surface area contributed by atoms with Crippen LogP contribution in [0.5, 0.6) is 0 Å². The fourth-order valence-corrected chi connectivity index (χ4v) is 2.83.